The highest BCUT2D eigenvalue weighted by Crippen LogP contribution is 2.25. The summed E-state index contributed by atoms with van der Waals surface area (Å²) in [5, 5.41) is 12.6. The van der Waals surface area contributed by atoms with Crippen LogP contribution in [0.3, 0.4) is 0 Å². The highest BCUT2D eigenvalue weighted by molar-refractivity contribution is 5.91. The largest absolute Gasteiger partial charge is 0.421 e. The lowest BCUT2D eigenvalue weighted by Crippen LogP contribution is -2.14. The number of benzene rings is 1. The van der Waals surface area contributed by atoms with Crippen molar-refractivity contribution in [2.24, 2.45) is 0 Å². The first kappa shape index (κ1) is 13.7. The van der Waals surface area contributed by atoms with Crippen LogP contribution < -0.4 is 5.32 Å². The Morgan fingerprint density at radius 1 is 1.14 bits per heavy atom. The van der Waals surface area contributed by atoms with Crippen molar-refractivity contribution in [3.63, 3.8) is 0 Å². The highest BCUT2D eigenvalue weighted by atomic mass is 16.4. The molecule has 5 nitrogen and oxygen atoms in total. The predicted molar refractivity (Wildman–Crippen MR) is 81.9 cm³/mol. The molecule has 3 aromatic rings. The van der Waals surface area contributed by atoms with Gasteiger partial charge in [0.1, 0.15) is 0 Å². The van der Waals surface area contributed by atoms with Crippen LogP contribution in [0.5, 0.6) is 0 Å². The molecule has 21 heavy (non-hydrogen) atoms. The number of nitrogens with one attached hydrogen (secondary N) is 1. The molecule has 1 aromatic carbocycles. The van der Waals surface area contributed by atoms with Gasteiger partial charge in [0, 0.05) is 18.0 Å². The number of rotatable bonds is 6. The van der Waals surface area contributed by atoms with Crippen molar-refractivity contribution < 1.29 is 4.42 Å². The summed E-state index contributed by atoms with van der Waals surface area (Å²) in [5.74, 6) is 1.22. The summed E-state index contributed by atoms with van der Waals surface area (Å²) in [7, 11) is 0. The number of aromatic nitrogens is 3. The van der Waals surface area contributed by atoms with Gasteiger partial charge in [0.25, 0.3) is 0 Å². The molecule has 1 N–H and O–H groups in total. The monoisotopic (exact) mass is 282 g/mol. The lowest BCUT2D eigenvalue weighted by atomic mass is 10.1. The molecule has 0 aliphatic carbocycles. The molecule has 0 spiro atoms. The van der Waals surface area contributed by atoms with Crippen LogP contribution in [0.2, 0.25) is 0 Å². The minimum absolute atomic E-state index is 0.540. The summed E-state index contributed by atoms with van der Waals surface area (Å²) >= 11 is 0. The number of hydrogen-bond acceptors (Lipinski definition) is 5. The van der Waals surface area contributed by atoms with Crippen LogP contribution in [0.15, 0.2) is 40.9 Å². The van der Waals surface area contributed by atoms with Crippen molar-refractivity contribution in [1.29, 1.82) is 0 Å². The number of fused-ring (bicyclic) bond motifs is 1. The van der Waals surface area contributed by atoms with Crippen LogP contribution in [-0.4, -0.2) is 28.3 Å². The summed E-state index contributed by atoms with van der Waals surface area (Å²) in [4.78, 5) is 4.42. The second kappa shape index (κ2) is 6.45. The number of aryl methyl sites for hydroxylation is 1. The van der Waals surface area contributed by atoms with E-state index in [4.69, 9.17) is 4.42 Å². The Kier molecular flexibility index (Phi) is 4.21. The second-order valence-corrected chi connectivity index (χ2v) is 4.84. The van der Waals surface area contributed by atoms with Gasteiger partial charge in [-0.3, -0.25) is 4.98 Å². The molecule has 0 radical (unpaired) electrons. The number of para-hydroxylation sites is 1. The average molecular weight is 282 g/mol. The molecular formula is C16H18N4O. The Morgan fingerprint density at radius 3 is 2.95 bits per heavy atom. The molecule has 0 aliphatic heterocycles. The van der Waals surface area contributed by atoms with Crippen molar-refractivity contribution in [2.75, 3.05) is 13.1 Å². The Balaban J connectivity index is 1.81. The van der Waals surface area contributed by atoms with Crippen LogP contribution in [0, 0.1) is 0 Å². The standard InChI is InChI=1S/C16H18N4O/c1-2-17-10-5-9-14-19-20-16(21-14)13-8-3-6-12-7-4-11-18-15(12)13/h3-4,6-8,11,17H,2,5,9-10H2,1H3. The molecule has 5 heteroatoms. The van der Waals surface area contributed by atoms with E-state index in [9.17, 15) is 0 Å². The summed E-state index contributed by atoms with van der Waals surface area (Å²) < 4.78 is 5.77. The molecule has 0 bridgehead atoms. The van der Waals surface area contributed by atoms with E-state index in [1.807, 2.05) is 30.3 Å². The SMILES string of the molecule is CCNCCCc1nnc(-c2cccc3cccnc23)o1. The Labute approximate surface area is 123 Å². The lowest BCUT2D eigenvalue weighted by molar-refractivity contribution is 0.493. The van der Waals surface area contributed by atoms with E-state index in [0.29, 0.717) is 11.8 Å². The minimum atomic E-state index is 0.540. The molecular weight excluding hydrogens is 264 g/mol. The molecule has 0 unspecified atom stereocenters. The molecule has 0 aliphatic rings. The zero-order chi connectivity index (χ0) is 14.5. The van der Waals surface area contributed by atoms with Crippen LogP contribution in [0.1, 0.15) is 19.2 Å². The fraction of sp³-hybridized carbons (Fsp3) is 0.312. The zero-order valence-corrected chi connectivity index (χ0v) is 12.0. The average Bonchev–Trinajstić information content (AvgIpc) is 3.00. The quantitative estimate of drug-likeness (QED) is 0.704. The molecule has 2 heterocycles. The first-order chi connectivity index (χ1) is 10.4. The molecule has 0 fully saturated rings. The maximum Gasteiger partial charge on any atom is 0.249 e. The van der Waals surface area contributed by atoms with E-state index in [1.165, 1.54) is 0 Å². The summed E-state index contributed by atoms with van der Waals surface area (Å²) in [5.41, 5.74) is 1.78. The fourth-order valence-electron chi connectivity index (χ4n) is 2.28. The fourth-order valence-corrected chi connectivity index (χ4v) is 2.28. The van der Waals surface area contributed by atoms with Crippen molar-refractivity contribution >= 4 is 10.9 Å². The van der Waals surface area contributed by atoms with Gasteiger partial charge in [0.05, 0.1) is 11.1 Å². The van der Waals surface area contributed by atoms with E-state index < -0.39 is 0 Å². The third-order valence-electron chi connectivity index (χ3n) is 3.32. The van der Waals surface area contributed by atoms with E-state index in [2.05, 4.69) is 27.4 Å². The molecule has 3 rings (SSSR count). The van der Waals surface area contributed by atoms with Gasteiger partial charge in [-0.15, -0.1) is 10.2 Å². The van der Waals surface area contributed by atoms with E-state index in [0.717, 1.165) is 42.4 Å². The van der Waals surface area contributed by atoms with Crippen LogP contribution in [-0.2, 0) is 6.42 Å². The zero-order valence-electron chi connectivity index (χ0n) is 12.0. The third-order valence-corrected chi connectivity index (χ3v) is 3.32. The van der Waals surface area contributed by atoms with E-state index in [1.54, 1.807) is 6.20 Å². The molecule has 2 aromatic heterocycles. The lowest BCUT2D eigenvalue weighted by Gasteiger charge is -2.01. The molecule has 108 valence electrons. The van der Waals surface area contributed by atoms with Crippen LogP contribution in [0.25, 0.3) is 22.4 Å². The van der Waals surface area contributed by atoms with E-state index in [-0.39, 0.29) is 0 Å². The van der Waals surface area contributed by atoms with Gasteiger partial charge < -0.3 is 9.73 Å². The van der Waals surface area contributed by atoms with Gasteiger partial charge >= 0.3 is 0 Å². The van der Waals surface area contributed by atoms with Crippen LogP contribution >= 0.6 is 0 Å². The van der Waals surface area contributed by atoms with E-state index >= 15 is 0 Å². The van der Waals surface area contributed by atoms with Gasteiger partial charge in [-0.2, -0.15) is 0 Å². The molecule has 0 amide bonds. The van der Waals surface area contributed by atoms with Crippen molar-refractivity contribution in [2.45, 2.75) is 19.8 Å². The van der Waals surface area contributed by atoms with Crippen LogP contribution in [0.4, 0.5) is 0 Å². The third kappa shape index (κ3) is 3.08. The maximum absolute atomic E-state index is 5.77. The minimum Gasteiger partial charge on any atom is -0.421 e. The maximum atomic E-state index is 5.77. The van der Waals surface area contributed by atoms with Gasteiger partial charge in [-0.1, -0.05) is 25.1 Å². The Hall–Kier alpha value is -2.27. The van der Waals surface area contributed by atoms with Crippen molar-refractivity contribution in [1.82, 2.24) is 20.5 Å². The topological polar surface area (TPSA) is 63.8 Å². The highest BCUT2D eigenvalue weighted by Gasteiger charge is 2.12. The first-order valence-corrected chi connectivity index (χ1v) is 7.25. The Morgan fingerprint density at radius 2 is 2.05 bits per heavy atom. The molecule has 0 saturated heterocycles. The number of nitrogens with zero attached hydrogens (tertiary/aromatic N) is 3. The van der Waals surface area contributed by atoms with Gasteiger partial charge in [-0.25, -0.2) is 0 Å². The number of pyridine rings is 1. The first-order valence-electron chi connectivity index (χ1n) is 7.25. The number of hydrogen-bond donors (Lipinski definition) is 1. The smallest absolute Gasteiger partial charge is 0.249 e. The van der Waals surface area contributed by atoms with Gasteiger partial charge in [0.15, 0.2) is 0 Å². The van der Waals surface area contributed by atoms with Gasteiger partial charge in [0.2, 0.25) is 11.8 Å². The molecule has 0 atom stereocenters. The van der Waals surface area contributed by atoms with Crippen molar-refractivity contribution in [3.8, 4) is 11.5 Å². The van der Waals surface area contributed by atoms with Crippen molar-refractivity contribution in [3.05, 3.63) is 42.4 Å². The summed E-state index contributed by atoms with van der Waals surface area (Å²) in [6.45, 7) is 4.04. The molecule has 0 saturated carbocycles. The van der Waals surface area contributed by atoms with Gasteiger partial charge in [-0.05, 0) is 31.6 Å². The summed E-state index contributed by atoms with van der Waals surface area (Å²) in [6.07, 6.45) is 3.56. The Bertz CT molecular complexity index is 718. The predicted octanol–water partition coefficient (Wildman–Crippen LogP) is 2.83. The summed E-state index contributed by atoms with van der Waals surface area (Å²) in [6, 6.07) is 9.92. The second-order valence-electron chi connectivity index (χ2n) is 4.84. The normalized spacial score (nSPS) is 11.1.